The van der Waals surface area contributed by atoms with Gasteiger partial charge in [0.2, 0.25) is 5.91 Å². The maximum atomic E-state index is 12.0. The Bertz CT molecular complexity index is 947. The van der Waals surface area contributed by atoms with Gasteiger partial charge in [0.05, 0.1) is 12.0 Å². The van der Waals surface area contributed by atoms with Gasteiger partial charge in [0.1, 0.15) is 12.4 Å². The molecule has 0 aliphatic carbocycles. The predicted octanol–water partition coefficient (Wildman–Crippen LogP) is 5.30. The van der Waals surface area contributed by atoms with Gasteiger partial charge in [-0.25, -0.2) is 5.43 Å². The summed E-state index contributed by atoms with van der Waals surface area (Å²) in [5.74, 6) is 1.63. The van der Waals surface area contributed by atoms with Crippen molar-refractivity contribution < 1.29 is 9.53 Å². The third-order valence-corrected chi connectivity index (χ3v) is 5.22. The summed E-state index contributed by atoms with van der Waals surface area (Å²) in [6, 6.07) is 25.1. The topological polar surface area (TPSA) is 50.7 Å². The first-order chi connectivity index (χ1) is 14.2. The Balaban J connectivity index is 1.45. The van der Waals surface area contributed by atoms with Gasteiger partial charge < -0.3 is 4.74 Å². The van der Waals surface area contributed by atoms with Crippen molar-refractivity contribution in [2.75, 3.05) is 5.75 Å². The van der Waals surface area contributed by atoms with Gasteiger partial charge in [0.15, 0.2) is 0 Å². The van der Waals surface area contributed by atoms with Crippen molar-refractivity contribution >= 4 is 35.5 Å². The van der Waals surface area contributed by atoms with Crippen LogP contribution in [0.3, 0.4) is 0 Å². The highest BCUT2D eigenvalue weighted by atomic mass is 35.5. The highest BCUT2D eigenvalue weighted by molar-refractivity contribution is 7.99. The van der Waals surface area contributed by atoms with Crippen LogP contribution in [0.5, 0.6) is 5.75 Å². The summed E-state index contributed by atoms with van der Waals surface area (Å²) in [5, 5.41) is 4.77. The van der Waals surface area contributed by atoms with Crippen molar-refractivity contribution in [2.45, 2.75) is 12.4 Å². The number of nitrogens with one attached hydrogen (secondary N) is 1. The summed E-state index contributed by atoms with van der Waals surface area (Å²) in [7, 11) is 0. The average molecular weight is 425 g/mol. The van der Waals surface area contributed by atoms with Crippen LogP contribution < -0.4 is 10.2 Å². The van der Waals surface area contributed by atoms with Gasteiger partial charge in [0, 0.05) is 16.3 Å². The Morgan fingerprint density at radius 1 is 0.966 bits per heavy atom. The molecular formula is C23H21ClN2O2S. The van der Waals surface area contributed by atoms with E-state index in [1.165, 1.54) is 11.8 Å². The summed E-state index contributed by atoms with van der Waals surface area (Å²) in [6.45, 7) is 0.472. The monoisotopic (exact) mass is 424 g/mol. The lowest BCUT2D eigenvalue weighted by atomic mass is 10.2. The van der Waals surface area contributed by atoms with Crippen LogP contribution in [-0.4, -0.2) is 17.9 Å². The summed E-state index contributed by atoms with van der Waals surface area (Å²) >= 11 is 7.39. The lowest BCUT2D eigenvalue weighted by molar-refractivity contribution is -0.118. The molecule has 0 aliphatic rings. The van der Waals surface area contributed by atoms with E-state index < -0.39 is 0 Å². The van der Waals surface area contributed by atoms with E-state index in [9.17, 15) is 4.79 Å². The standard InChI is InChI=1S/C23H21ClN2O2S/c24-21-12-10-19(11-13-21)16-29-17-23(27)26-25-14-20-8-4-5-9-22(20)28-15-18-6-2-1-3-7-18/h1-14H,15-17H2,(H,26,27). The molecule has 0 fully saturated rings. The SMILES string of the molecule is O=C(CSCc1ccc(Cl)cc1)NN=Cc1ccccc1OCc1ccccc1. The molecule has 0 heterocycles. The normalized spacial score (nSPS) is 10.8. The van der Waals surface area contributed by atoms with Gasteiger partial charge in [0.25, 0.3) is 0 Å². The number of halogens is 1. The first-order valence-electron chi connectivity index (χ1n) is 9.10. The van der Waals surface area contributed by atoms with E-state index in [0.29, 0.717) is 23.1 Å². The number of carbonyl (C=O) groups is 1. The molecule has 3 aromatic carbocycles. The molecule has 0 unspecified atom stereocenters. The number of thioether (sulfide) groups is 1. The molecule has 3 rings (SSSR count). The number of hydrazone groups is 1. The van der Waals surface area contributed by atoms with Crippen molar-refractivity contribution in [3.05, 3.63) is 101 Å². The zero-order valence-electron chi connectivity index (χ0n) is 15.8. The summed E-state index contributed by atoms with van der Waals surface area (Å²) in [4.78, 5) is 12.0. The Kier molecular flexibility index (Phi) is 8.16. The van der Waals surface area contributed by atoms with Crippen molar-refractivity contribution in [3.8, 4) is 5.75 Å². The lowest BCUT2D eigenvalue weighted by Gasteiger charge is -2.09. The largest absolute Gasteiger partial charge is 0.488 e. The summed E-state index contributed by atoms with van der Waals surface area (Å²) < 4.78 is 5.89. The molecule has 0 bridgehead atoms. The fourth-order valence-electron chi connectivity index (χ4n) is 2.50. The van der Waals surface area contributed by atoms with Crippen LogP contribution in [-0.2, 0) is 17.2 Å². The molecule has 0 aliphatic heterocycles. The molecule has 0 saturated carbocycles. The molecule has 3 aromatic rings. The van der Waals surface area contributed by atoms with Gasteiger partial charge in [-0.1, -0.05) is 66.2 Å². The number of rotatable bonds is 9. The average Bonchev–Trinajstić information content (AvgIpc) is 2.75. The highest BCUT2D eigenvalue weighted by Crippen LogP contribution is 2.18. The molecule has 0 spiro atoms. The van der Waals surface area contributed by atoms with Crippen LogP contribution in [0, 0.1) is 0 Å². The van der Waals surface area contributed by atoms with E-state index in [1.54, 1.807) is 6.21 Å². The molecule has 148 valence electrons. The first kappa shape index (κ1) is 21.0. The highest BCUT2D eigenvalue weighted by Gasteiger charge is 2.03. The van der Waals surface area contributed by atoms with Crippen LogP contribution in [0.15, 0.2) is 84.0 Å². The minimum absolute atomic E-state index is 0.150. The molecule has 0 radical (unpaired) electrons. The van der Waals surface area contributed by atoms with Gasteiger partial charge in [-0.15, -0.1) is 11.8 Å². The van der Waals surface area contributed by atoms with E-state index >= 15 is 0 Å². The maximum absolute atomic E-state index is 12.0. The van der Waals surface area contributed by atoms with Crippen molar-refractivity contribution in [2.24, 2.45) is 5.10 Å². The van der Waals surface area contributed by atoms with Crippen molar-refractivity contribution in [3.63, 3.8) is 0 Å². The van der Waals surface area contributed by atoms with Gasteiger partial charge >= 0.3 is 0 Å². The first-order valence-corrected chi connectivity index (χ1v) is 10.6. The Morgan fingerprint density at radius 3 is 2.48 bits per heavy atom. The van der Waals surface area contributed by atoms with Crippen LogP contribution in [0.25, 0.3) is 0 Å². The van der Waals surface area contributed by atoms with Crippen molar-refractivity contribution in [1.29, 1.82) is 0 Å². The van der Waals surface area contributed by atoms with Crippen LogP contribution in [0.4, 0.5) is 0 Å². The molecule has 0 saturated heterocycles. The molecule has 0 atom stereocenters. The Morgan fingerprint density at radius 2 is 1.69 bits per heavy atom. The maximum Gasteiger partial charge on any atom is 0.250 e. The zero-order chi connectivity index (χ0) is 20.3. The molecular weight excluding hydrogens is 404 g/mol. The minimum Gasteiger partial charge on any atom is -0.488 e. The lowest BCUT2D eigenvalue weighted by Crippen LogP contribution is -2.19. The second-order valence-corrected chi connectivity index (χ2v) is 7.65. The zero-order valence-corrected chi connectivity index (χ0v) is 17.3. The molecule has 1 N–H and O–H groups in total. The quantitative estimate of drug-likeness (QED) is 0.374. The Labute approximate surface area is 179 Å². The third kappa shape index (κ3) is 7.29. The molecule has 6 heteroatoms. The number of nitrogens with zero attached hydrogens (tertiary/aromatic N) is 1. The minimum atomic E-state index is -0.150. The number of ether oxygens (including phenoxy) is 1. The molecule has 4 nitrogen and oxygen atoms in total. The number of amides is 1. The fraction of sp³-hybridized carbons (Fsp3) is 0.130. The number of hydrogen-bond acceptors (Lipinski definition) is 4. The van der Waals surface area contributed by atoms with Crippen LogP contribution >= 0.6 is 23.4 Å². The second-order valence-electron chi connectivity index (χ2n) is 6.22. The van der Waals surface area contributed by atoms with E-state index in [1.807, 2.05) is 78.9 Å². The molecule has 29 heavy (non-hydrogen) atoms. The van der Waals surface area contributed by atoms with E-state index in [4.69, 9.17) is 16.3 Å². The van der Waals surface area contributed by atoms with Crippen molar-refractivity contribution in [1.82, 2.24) is 5.43 Å². The van der Waals surface area contributed by atoms with E-state index in [0.717, 1.165) is 22.4 Å². The number of benzene rings is 3. The summed E-state index contributed by atoms with van der Waals surface area (Å²) in [6.07, 6.45) is 1.60. The van der Waals surface area contributed by atoms with E-state index in [2.05, 4.69) is 10.5 Å². The molecule has 1 amide bonds. The fourth-order valence-corrected chi connectivity index (χ4v) is 3.41. The number of para-hydroxylation sites is 1. The van der Waals surface area contributed by atoms with Gasteiger partial charge in [-0.05, 0) is 35.4 Å². The summed E-state index contributed by atoms with van der Waals surface area (Å²) in [5.41, 5.74) is 5.58. The second kappa shape index (κ2) is 11.3. The smallest absolute Gasteiger partial charge is 0.250 e. The van der Waals surface area contributed by atoms with Crippen LogP contribution in [0.2, 0.25) is 5.02 Å². The predicted molar refractivity (Wildman–Crippen MR) is 121 cm³/mol. The van der Waals surface area contributed by atoms with Gasteiger partial charge in [-0.2, -0.15) is 5.10 Å². The van der Waals surface area contributed by atoms with E-state index in [-0.39, 0.29) is 5.91 Å². The van der Waals surface area contributed by atoms with Crippen LogP contribution in [0.1, 0.15) is 16.7 Å². The molecule has 0 aromatic heterocycles. The number of carbonyl (C=O) groups excluding carboxylic acids is 1. The van der Waals surface area contributed by atoms with Gasteiger partial charge in [-0.3, -0.25) is 4.79 Å². The third-order valence-electron chi connectivity index (χ3n) is 3.96. The number of hydrogen-bond donors (Lipinski definition) is 1. The Hall–Kier alpha value is -2.76.